The largest absolute Gasteiger partial charge is 0.312 e. The average Bonchev–Trinajstić information content (AvgIpc) is 2.46. The summed E-state index contributed by atoms with van der Waals surface area (Å²) in [4.78, 5) is 12.6. The van der Waals surface area contributed by atoms with Gasteiger partial charge in [0.2, 0.25) is 0 Å². The van der Waals surface area contributed by atoms with E-state index in [9.17, 15) is 4.79 Å². The van der Waals surface area contributed by atoms with E-state index in [1.54, 1.807) is 0 Å². The second-order valence-electron chi connectivity index (χ2n) is 5.10. The van der Waals surface area contributed by atoms with Crippen LogP contribution in [0.4, 0.5) is 0 Å². The van der Waals surface area contributed by atoms with E-state index < -0.39 is 0 Å². The molecule has 0 radical (unpaired) electrons. The Morgan fingerprint density at radius 3 is 2.90 bits per heavy atom. The molecule has 3 rings (SSSR count). The number of fused-ring (bicyclic) bond motifs is 1. The van der Waals surface area contributed by atoms with Gasteiger partial charge in [-0.1, -0.05) is 46.3 Å². The van der Waals surface area contributed by atoms with Crippen molar-refractivity contribution in [3.8, 4) is 0 Å². The summed E-state index contributed by atoms with van der Waals surface area (Å²) >= 11 is 3.45. The van der Waals surface area contributed by atoms with Gasteiger partial charge in [0.05, 0.1) is 0 Å². The van der Waals surface area contributed by atoms with Gasteiger partial charge in [-0.25, -0.2) is 0 Å². The predicted molar refractivity (Wildman–Crippen MR) is 84.0 cm³/mol. The Bertz CT molecular complexity index is 651. The minimum absolute atomic E-state index is 0.210. The summed E-state index contributed by atoms with van der Waals surface area (Å²) in [5.41, 5.74) is 4.43. The van der Waals surface area contributed by atoms with Crippen molar-refractivity contribution < 1.29 is 4.79 Å². The molecule has 0 saturated heterocycles. The highest BCUT2D eigenvalue weighted by atomic mass is 79.9. The van der Waals surface area contributed by atoms with Crippen LogP contribution >= 0.6 is 15.9 Å². The molecule has 20 heavy (non-hydrogen) atoms. The molecule has 0 spiro atoms. The average molecular weight is 330 g/mol. The normalized spacial score (nSPS) is 13.8. The van der Waals surface area contributed by atoms with Crippen LogP contribution in [0.5, 0.6) is 0 Å². The molecule has 0 amide bonds. The Kier molecular flexibility index (Phi) is 3.99. The summed E-state index contributed by atoms with van der Waals surface area (Å²) < 4.78 is 1.02. The first-order valence-electron chi connectivity index (χ1n) is 6.83. The number of ketones is 1. The van der Waals surface area contributed by atoms with Crippen molar-refractivity contribution in [2.75, 3.05) is 6.54 Å². The maximum Gasteiger partial charge on any atom is 0.167 e. The highest BCUT2D eigenvalue weighted by molar-refractivity contribution is 9.10. The molecule has 0 atom stereocenters. The lowest BCUT2D eigenvalue weighted by Crippen LogP contribution is -2.25. The lowest BCUT2D eigenvalue weighted by atomic mass is 9.91. The number of rotatable bonds is 3. The third kappa shape index (κ3) is 2.84. The molecule has 0 fully saturated rings. The van der Waals surface area contributed by atoms with Crippen molar-refractivity contribution in [3.05, 3.63) is 69.2 Å². The minimum Gasteiger partial charge on any atom is -0.312 e. The molecule has 0 bridgehead atoms. The Labute approximate surface area is 127 Å². The van der Waals surface area contributed by atoms with Crippen molar-refractivity contribution in [1.82, 2.24) is 5.32 Å². The van der Waals surface area contributed by atoms with Crippen LogP contribution in [0.3, 0.4) is 0 Å². The van der Waals surface area contributed by atoms with Crippen molar-refractivity contribution in [3.63, 3.8) is 0 Å². The number of hydrogen-bond acceptors (Lipinski definition) is 2. The third-order valence-electron chi connectivity index (χ3n) is 3.69. The summed E-state index contributed by atoms with van der Waals surface area (Å²) in [5, 5.41) is 3.35. The molecule has 1 heterocycles. The molecule has 2 aromatic carbocycles. The van der Waals surface area contributed by atoms with E-state index in [0.717, 1.165) is 35.1 Å². The van der Waals surface area contributed by atoms with Crippen molar-refractivity contribution >= 4 is 21.7 Å². The lowest BCUT2D eigenvalue weighted by molar-refractivity contribution is 0.0992. The van der Waals surface area contributed by atoms with Crippen LogP contribution in [0.1, 0.15) is 27.0 Å². The van der Waals surface area contributed by atoms with Crippen LogP contribution < -0.4 is 5.32 Å². The summed E-state index contributed by atoms with van der Waals surface area (Å²) in [6.45, 7) is 1.82. The minimum atomic E-state index is 0.210. The zero-order chi connectivity index (χ0) is 13.9. The van der Waals surface area contributed by atoms with Gasteiger partial charge in [-0.2, -0.15) is 0 Å². The molecule has 0 saturated carbocycles. The maximum atomic E-state index is 12.6. The first-order chi connectivity index (χ1) is 9.74. The highest BCUT2D eigenvalue weighted by Crippen LogP contribution is 2.21. The van der Waals surface area contributed by atoms with Crippen LogP contribution in [0.25, 0.3) is 0 Å². The number of hydrogen-bond donors (Lipinski definition) is 1. The van der Waals surface area contributed by atoms with E-state index in [4.69, 9.17) is 0 Å². The fourth-order valence-electron chi connectivity index (χ4n) is 2.72. The van der Waals surface area contributed by atoms with Crippen molar-refractivity contribution in [1.29, 1.82) is 0 Å². The first-order valence-corrected chi connectivity index (χ1v) is 7.62. The molecule has 0 aromatic heterocycles. The molecular formula is C17H16BrNO. The van der Waals surface area contributed by atoms with Gasteiger partial charge in [0.1, 0.15) is 0 Å². The van der Waals surface area contributed by atoms with Gasteiger partial charge in [-0.05, 0) is 41.8 Å². The second-order valence-corrected chi connectivity index (χ2v) is 6.02. The zero-order valence-corrected chi connectivity index (χ0v) is 12.7. The number of benzene rings is 2. The number of carbonyl (C=O) groups is 1. The van der Waals surface area contributed by atoms with Crippen LogP contribution in [0.2, 0.25) is 0 Å². The van der Waals surface area contributed by atoms with E-state index in [1.165, 1.54) is 11.1 Å². The first kappa shape index (κ1) is 13.5. The molecule has 2 aromatic rings. The SMILES string of the molecule is O=C(Cc1cccc(Br)c1)c1cccc2c1CCNC2. The Morgan fingerprint density at radius 1 is 1.20 bits per heavy atom. The maximum absolute atomic E-state index is 12.6. The predicted octanol–water partition coefficient (Wildman–Crippen LogP) is 3.52. The lowest BCUT2D eigenvalue weighted by Gasteiger charge is -2.19. The number of Topliss-reactive ketones (excluding diaryl/α,β-unsaturated/α-hetero) is 1. The fraction of sp³-hybridized carbons (Fsp3) is 0.235. The molecule has 3 heteroatoms. The molecular weight excluding hydrogens is 314 g/mol. The van der Waals surface area contributed by atoms with E-state index in [2.05, 4.69) is 27.3 Å². The van der Waals surface area contributed by atoms with E-state index in [0.29, 0.717) is 6.42 Å². The van der Waals surface area contributed by atoms with Crippen molar-refractivity contribution in [2.45, 2.75) is 19.4 Å². The van der Waals surface area contributed by atoms with E-state index in [-0.39, 0.29) is 5.78 Å². The van der Waals surface area contributed by atoms with Crippen molar-refractivity contribution in [2.24, 2.45) is 0 Å². The van der Waals surface area contributed by atoms with E-state index >= 15 is 0 Å². The molecule has 102 valence electrons. The third-order valence-corrected chi connectivity index (χ3v) is 4.19. The number of halogens is 1. The summed E-state index contributed by atoms with van der Waals surface area (Å²) in [6.07, 6.45) is 1.40. The van der Waals surface area contributed by atoms with Gasteiger partial charge in [-0.3, -0.25) is 4.79 Å². The van der Waals surface area contributed by atoms with Gasteiger partial charge >= 0.3 is 0 Å². The molecule has 0 unspecified atom stereocenters. The monoisotopic (exact) mass is 329 g/mol. The van der Waals surface area contributed by atoms with Crippen LogP contribution in [0.15, 0.2) is 46.9 Å². The fourth-order valence-corrected chi connectivity index (χ4v) is 3.17. The highest BCUT2D eigenvalue weighted by Gasteiger charge is 2.17. The number of carbonyl (C=O) groups excluding carboxylic acids is 1. The molecule has 2 nitrogen and oxygen atoms in total. The topological polar surface area (TPSA) is 29.1 Å². The summed E-state index contributed by atoms with van der Waals surface area (Å²) in [7, 11) is 0. The van der Waals surface area contributed by atoms with Gasteiger partial charge in [-0.15, -0.1) is 0 Å². The quantitative estimate of drug-likeness (QED) is 0.873. The number of nitrogens with one attached hydrogen (secondary N) is 1. The van der Waals surface area contributed by atoms with Gasteiger partial charge in [0.25, 0.3) is 0 Å². The smallest absolute Gasteiger partial charge is 0.167 e. The molecule has 0 aliphatic carbocycles. The van der Waals surface area contributed by atoms with Gasteiger partial charge < -0.3 is 5.32 Å². The standard InChI is InChI=1S/C17H16BrNO/c18-14-5-1-3-12(9-14)10-17(20)16-6-2-4-13-11-19-8-7-15(13)16/h1-6,9,19H,7-8,10-11H2. The van der Waals surface area contributed by atoms with E-state index in [1.807, 2.05) is 36.4 Å². The van der Waals surface area contributed by atoms with Crippen LogP contribution in [0, 0.1) is 0 Å². The Hall–Kier alpha value is -1.45. The Balaban J connectivity index is 1.88. The summed E-state index contributed by atoms with van der Waals surface area (Å²) in [6, 6.07) is 14.0. The Morgan fingerprint density at radius 2 is 2.05 bits per heavy atom. The molecule has 1 N–H and O–H groups in total. The molecule has 1 aliphatic rings. The van der Waals surface area contributed by atoms with Crippen LogP contribution in [-0.4, -0.2) is 12.3 Å². The molecule has 1 aliphatic heterocycles. The zero-order valence-electron chi connectivity index (χ0n) is 11.2. The van der Waals surface area contributed by atoms with Crippen LogP contribution in [-0.2, 0) is 19.4 Å². The summed E-state index contributed by atoms with van der Waals surface area (Å²) in [5.74, 6) is 0.210. The van der Waals surface area contributed by atoms with Gasteiger partial charge in [0, 0.05) is 23.0 Å². The second kappa shape index (κ2) is 5.90. The van der Waals surface area contributed by atoms with Gasteiger partial charge in [0.15, 0.2) is 5.78 Å².